The molecule has 0 bridgehead atoms. The van der Waals surface area contributed by atoms with Crippen LogP contribution in [-0.4, -0.2) is 25.8 Å². The Kier molecular flexibility index (Phi) is 5.94. The maximum absolute atomic E-state index is 5.55. The summed E-state index contributed by atoms with van der Waals surface area (Å²) in [6.45, 7) is 14.7. The molecule has 2 nitrogen and oxygen atoms in total. The predicted octanol–water partition coefficient (Wildman–Crippen LogP) is 3.46. The monoisotopic (exact) mass is 241 g/mol. The summed E-state index contributed by atoms with van der Waals surface area (Å²) in [5.41, 5.74) is 0.408. The first-order valence-corrected chi connectivity index (χ1v) is 7.26. The molecule has 0 saturated carbocycles. The van der Waals surface area contributed by atoms with Crippen molar-refractivity contribution < 1.29 is 4.74 Å². The Bertz CT molecular complexity index is 203. The number of hydrogen-bond donors (Lipinski definition) is 1. The zero-order chi connectivity index (χ0) is 12.9. The third-order valence-corrected chi connectivity index (χ3v) is 4.28. The van der Waals surface area contributed by atoms with Crippen molar-refractivity contribution in [3.63, 3.8) is 0 Å². The molecule has 0 aliphatic carbocycles. The molecule has 102 valence electrons. The molecule has 0 radical (unpaired) electrons. The second kappa shape index (κ2) is 6.75. The Hall–Kier alpha value is -0.0800. The van der Waals surface area contributed by atoms with Gasteiger partial charge < -0.3 is 10.1 Å². The molecule has 1 saturated heterocycles. The minimum Gasteiger partial charge on any atom is -0.381 e. The largest absolute Gasteiger partial charge is 0.381 e. The van der Waals surface area contributed by atoms with Gasteiger partial charge in [0, 0.05) is 12.6 Å². The van der Waals surface area contributed by atoms with Crippen LogP contribution in [0.1, 0.15) is 53.9 Å². The van der Waals surface area contributed by atoms with E-state index in [2.05, 4.69) is 39.9 Å². The number of nitrogens with one attached hydrogen (secondary N) is 1. The molecule has 1 aliphatic heterocycles. The first kappa shape index (κ1) is 15.0. The molecule has 0 aromatic carbocycles. The lowest BCUT2D eigenvalue weighted by atomic mass is 9.76. The molecule has 1 fully saturated rings. The second-order valence-electron chi connectivity index (χ2n) is 6.69. The summed E-state index contributed by atoms with van der Waals surface area (Å²) < 4.78 is 5.55. The van der Waals surface area contributed by atoms with Gasteiger partial charge in [-0.2, -0.15) is 0 Å². The van der Waals surface area contributed by atoms with Gasteiger partial charge in [-0.1, -0.05) is 34.6 Å². The molecule has 0 aromatic heterocycles. The van der Waals surface area contributed by atoms with E-state index in [0.29, 0.717) is 11.5 Å². The van der Waals surface area contributed by atoms with Crippen LogP contribution in [0.5, 0.6) is 0 Å². The Morgan fingerprint density at radius 2 is 2.06 bits per heavy atom. The van der Waals surface area contributed by atoms with Crippen molar-refractivity contribution in [1.29, 1.82) is 0 Å². The van der Waals surface area contributed by atoms with E-state index in [4.69, 9.17) is 4.74 Å². The highest BCUT2D eigenvalue weighted by atomic mass is 16.5. The van der Waals surface area contributed by atoms with Gasteiger partial charge in [0.15, 0.2) is 0 Å². The van der Waals surface area contributed by atoms with Crippen molar-refractivity contribution in [2.75, 3.05) is 19.8 Å². The topological polar surface area (TPSA) is 21.3 Å². The van der Waals surface area contributed by atoms with Crippen LogP contribution in [-0.2, 0) is 4.74 Å². The smallest absolute Gasteiger partial charge is 0.0510 e. The van der Waals surface area contributed by atoms with Gasteiger partial charge in [0.2, 0.25) is 0 Å². The molecular formula is C15H31NO. The molecule has 1 aliphatic rings. The van der Waals surface area contributed by atoms with Gasteiger partial charge in [-0.05, 0) is 43.1 Å². The standard InChI is InChI=1S/C15H31NO/c1-6-8-16-14(13-7-9-17-11-13)10-12(2)15(3,4)5/h12-14,16H,6-11H2,1-5H3. The number of ether oxygens (including phenoxy) is 1. The lowest BCUT2D eigenvalue weighted by molar-refractivity contribution is 0.158. The van der Waals surface area contributed by atoms with E-state index in [1.54, 1.807) is 0 Å². The Balaban J connectivity index is 2.50. The second-order valence-corrected chi connectivity index (χ2v) is 6.69. The summed E-state index contributed by atoms with van der Waals surface area (Å²) in [5, 5.41) is 3.73. The predicted molar refractivity (Wildman–Crippen MR) is 74.2 cm³/mol. The Morgan fingerprint density at radius 1 is 1.35 bits per heavy atom. The van der Waals surface area contributed by atoms with Gasteiger partial charge >= 0.3 is 0 Å². The lowest BCUT2D eigenvalue weighted by Crippen LogP contribution is -2.40. The van der Waals surface area contributed by atoms with E-state index >= 15 is 0 Å². The summed E-state index contributed by atoms with van der Waals surface area (Å²) in [5.74, 6) is 1.48. The minimum atomic E-state index is 0.408. The van der Waals surface area contributed by atoms with Gasteiger partial charge in [-0.25, -0.2) is 0 Å². The van der Waals surface area contributed by atoms with Gasteiger partial charge in [-0.3, -0.25) is 0 Å². The Morgan fingerprint density at radius 3 is 2.53 bits per heavy atom. The van der Waals surface area contributed by atoms with Crippen molar-refractivity contribution in [2.24, 2.45) is 17.3 Å². The zero-order valence-electron chi connectivity index (χ0n) is 12.4. The van der Waals surface area contributed by atoms with Crippen molar-refractivity contribution in [1.82, 2.24) is 5.32 Å². The van der Waals surface area contributed by atoms with E-state index in [1.807, 2.05) is 0 Å². The van der Waals surface area contributed by atoms with Crippen LogP contribution < -0.4 is 5.32 Å². The van der Waals surface area contributed by atoms with E-state index in [9.17, 15) is 0 Å². The van der Waals surface area contributed by atoms with E-state index < -0.39 is 0 Å². The normalized spacial score (nSPS) is 24.9. The zero-order valence-corrected chi connectivity index (χ0v) is 12.4. The van der Waals surface area contributed by atoms with E-state index in [0.717, 1.165) is 31.6 Å². The molecule has 17 heavy (non-hydrogen) atoms. The van der Waals surface area contributed by atoms with Crippen molar-refractivity contribution in [2.45, 2.75) is 59.9 Å². The fraction of sp³-hybridized carbons (Fsp3) is 1.00. The molecular weight excluding hydrogens is 210 g/mol. The molecule has 1 rings (SSSR count). The number of hydrogen-bond acceptors (Lipinski definition) is 2. The van der Waals surface area contributed by atoms with Crippen LogP contribution in [0.15, 0.2) is 0 Å². The molecule has 0 amide bonds. The molecule has 3 unspecified atom stereocenters. The average Bonchev–Trinajstić information content (AvgIpc) is 2.75. The highest BCUT2D eigenvalue weighted by Gasteiger charge is 2.30. The van der Waals surface area contributed by atoms with Crippen LogP contribution in [0.4, 0.5) is 0 Å². The maximum atomic E-state index is 5.55. The molecule has 0 spiro atoms. The fourth-order valence-corrected chi connectivity index (χ4v) is 2.38. The van der Waals surface area contributed by atoms with Crippen LogP contribution >= 0.6 is 0 Å². The van der Waals surface area contributed by atoms with Crippen LogP contribution in [0, 0.1) is 17.3 Å². The highest BCUT2D eigenvalue weighted by Crippen LogP contribution is 2.32. The van der Waals surface area contributed by atoms with Gasteiger partial charge in [0.05, 0.1) is 6.61 Å². The SMILES string of the molecule is CCCNC(CC(C)C(C)(C)C)C1CCOC1. The first-order valence-electron chi connectivity index (χ1n) is 7.26. The summed E-state index contributed by atoms with van der Waals surface area (Å²) in [4.78, 5) is 0. The van der Waals surface area contributed by atoms with Gasteiger partial charge in [0.25, 0.3) is 0 Å². The average molecular weight is 241 g/mol. The summed E-state index contributed by atoms with van der Waals surface area (Å²) in [6, 6.07) is 0.645. The van der Waals surface area contributed by atoms with E-state index in [1.165, 1.54) is 19.3 Å². The van der Waals surface area contributed by atoms with Crippen molar-refractivity contribution >= 4 is 0 Å². The van der Waals surface area contributed by atoms with Crippen molar-refractivity contribution in [3.8, 4) is 0 Å². The number of rotatable bonds is 6. The molecule has 0 aromatic rings. The molecule has 1 N–H and O–H groups in total. The first-order chi connectivity index (χ1) is 7.95. The van der Waals surface area contributed by atoms with Crippen LogP contribution in [0.2, 0.25) is 0 Å². The van der Waals surface area contributed by atoms with Crippen LogP contribution in [0.3, 0.4) is 0 Å². The summed E-state index contributed by atoms with van der Waals surface area (Å²) in [7, 11) is 0. The summed E-state index contributed by atoms with van der Waals surface area (Å²) in [6.07, 6.45) is 3.73. The quantitative estimate of drug-likeness (QED) is 0.769. The van der Waals surface area contributed by atoms with Gasteiger partial charge in [-0.15, -0.1) is 0 Å². The third kappa shape index (κ3) is 4.97. The molecule has 2 heteroatoms. The summed E-state index contributed by atoms with van der Waals surface area (Å²) >= 11 is 0. The van der Waals surface area contributed by atoms with E-state index in [-0.39, 0.29) is 0 Å². The highest BCUT2D eigenvalue weighted by molar-refractivity contribution is 4.83. The van der Waals surface area contributed by atoms with Crippen LogP contribution in [0.25, 0.3) is 0 Å². The van der Waals surface area contributed by atoms with Crippen molar-refractivity contribution in [3.05, 3.63) is 0 Å². The van der Waals surface area contributed by atoms with Gasteiger partial charge in [0.1, 0.15) is 0 Å². The minimum absolute atomic E-state index is 0.408. The third-order valence-electron chi connectivity index (χ3n) is 4.28. The Labute approximate surface area is 108 Å². The maximum Gasteiger partial charge on any atom is 0.0510 e. The molecule has 1 heterocycles. The molecule has 3 atom stereocenters. The lowest BCUT2D eigenvalue weighted by Gasteiger charge is -2.33. The fourth-order valence-electron chi connectivity index (χ4n) is 2.38.